The fourth-order valence-electron chi connectivity index (χ4n) is 6.87. The van der Waals surface area contributed by atoms with Gasteiger partial charge in [-0.15, -0.1) is 0 Å². The molecule has 6 aromatic rings. The molecule has 0 spiro atoms. The van der Waals surface area contributed by atoms with Gasteiger partial charge in [0.2, 0.25) is 11.9 Å². The van der Waals surface area contributed by atoms with Crippen LogP contribution in [0.15, 0.2) is 37.2 Å². The van der Waals surface area contributed by atoms with Crippen molar-refractivity contribution in [1.29, 1.82) is 0 Å². The molecule has 10 N–H and O–H groups in total. The summed E-state index contributed by atoms with van der Waals surface area (Å²) in [5.41, 5.74) is 9.56. The van der Waals surface area contributed by atoms with E-state index in [1.54, 1.807) is 26.5 Å². The van der Waals surface area contributed by atoms with E-state index in [0.717, 1.165) is 57.7 Å². The predicted octanol–water partition coefficient (Wildman–Crippen LogP) is 5.08. The number of carboxylic acids is 2. The van der Waals surface area contributed by atoms with Crippen molar-refractivity contribution in [3.05, 3.63) is 70.8 Å². The second kappa shape index (κ2) is 24.4. The van der Waals surface area contributed by atoms with Crippen LogP contribution in [0.4, 0.5) is 23.5 Å². The number of carboxylic acid groups (broad SMARTS) is 2. The molecule has 22 heteroatoms. The van der Waals surface area contributed by atoms with Gasteiger partial charge in [0.1, 0.15) is 0 Å². The maximum atomic E-state index is 10.0. The Hall–Kier alpha value is -6.62. The number of pyridine rings is 2. The molecule has 0 unspecified atom stereocenters. The lowest BCUT2D eigenvalue weighted by Gasteiger charge is -2.20. The van der Waals surface area contributed by atoms with Crippen molar-refractivity contribution in [3.63, 3.8) is 0 Å². The average molecular weight is 945 g/mol. The average Bonchev–Trinajstić information content (AvgIpc) is 3.92. The molecule has 6 heterocycles. The summed E-state index contributed by atoms with van der Waals surface area (Å²) in [5.74, 6) is -1.25. The molecule has 0 bridgehead atoms. The van der Waals surface area contributed by atoms with E-state index in [0.29, 0.717) is 36.6 Å². The highest BCUT2D eigenvalue weighted by Gasteiger charge is 2.29. The number of nitrogens with one attached hydrogen (secondary N) is 4. The highest BCUT2D eigenvalue weighted by atomic mass is 16.4. The van der Waals surface area contributed by atoms with Gasteiger partial charge in [0.15, 0.2) is 46.2 Å². The first kappa shape index (κ1) is 54.0. The summed E-state index contributed by atoms with van der Waals surface area (Å²) in [6.07, 6.45) is 3.35. The molecule has 0 radical (unpaired) electrons. The molecular weight excluding hydrogens is 877 g/mol. The lowest BCUT2D eigenvalue weighted by atomic mass is 10.1. The molecular formula is C46H68N14O8. The molecule has 68 heavy (non-hydrogen) atoms. The van der Waals surface area contributed by atoms with Gasteiger partial charge in [-0.25, -0.2) is 19.6 Å². The van der Waals surface area contributed by atoms with Crippen LogP contribution in [0.5, 0.6) is 0 Å². The summed E-state index contributed by atoms with van der Waals surface area (Å²) in [5, 5.41) is 65.9. The smallest absolute Gasteiger partial charge is 0.335 e. The van der Waals surface area contributed by atoms with E-state index in [1.165, 1.54) is 11.1 Å². The summed E-state index contributed by atoms with van der Waals surface area (Å²) in [6, 6.07) is 4.33. The van der Waals surface area contributed by atoms with Crippen LogP contribution in [0.3, 0.4) is 0 Å². The fraction of sp³-hybridized carbons (Fsp3) is 0.522. The molecule has 6 rings (SSSR count). The zero-order chi connectivity index (χ0) is 50.6. The molecule has 22 nitrogen and oxygen atoms in total. The van der Waals surface area contributed by atoms with Crippen molar-refractivity contribution in [2.45, 2.75) is 158 Å². The van der Waals surface area contributed by atoms with Gasteiger partial charge < -0.3 is 61.0 Å². The van der Waals surface area contributed by atoms with E-state index in [4.69, 9.17) is 20.4 Å². The van der Waals surface area contributed by atoms with Crippen LogP contribution in [-0.2, 0) is 22.7 Å². The SMILES string of the molecule is CC[C@H](Nc1nc(NCc2cnc(C)cc2C)c2ncn(C(C)C)c2n1)[C@@H](C)O.CC[C@H](Nc1nc(NCc2cnc(C)cc2C)c2ncn(C(C)C)c2n1)[C@@H](C)O.O=C(O)[C@H](O)[C@@H](O)C(=O)O. The first-order valence-electron chi connectivity index (χ1n) is 22.6. The van der Waals surface area contributed by atoms with Crippen molar-refractivity contribution in [1.82, 2.24) is 49.0 Å². The van der Waals surface area contributed by atoms with Crippen LogP contribution >= 0.6 is 0 Å². The summed E-state index contributed by atoms with van der Waals surface area (Å²) in [4.78, 5) is 56.1. The van der Waals surface area contributed by atoms with Crippen molar-refractivity contribution in [2.75, 3.05) is 21.3 Å². The number of aliphatic hydroxyl groups excluding tert-OH is 4. The molecule has 6 atom stereocenters. The number of hydrogen-bond acceptors (Lipinski definition) is 18. The van der Waals surface area contributed by atoms with Crippen LogP contribution in [0, 0.1) is 27.7 Å². The summed E-state index contributed by atoms with van der Waals surface area (Å²) in [6.45, 7) is 25.3. The Balaban J connectivity index is 0.000000248. The fourth-order valence-corrected chi connectivity index (χ4v) is 6.87. The molecule has 0 saturated heterocycles. The monoisotopic (exact) mass is 945 g/mol. The summed E-state index contributed by atoms with van der Waals surface area (Å²) < 4.78 is 4.05. The Kier molecular flexibility index (Phi) is 19.4. The number of aliphatic carboxylic acids is 2. The number of rotatable bonds is 19. The van der Waals surface area contributed by atoms with Crippen LogP contribution in [0.25, 0.3) is 22.3 Å². The third-order valence-corrected chi connectivity index (χ3v) is 11.0. The number of aromatic nitrogens is 10. The van der Waals surface area contributed by atoms with E-state index < -0.39 is 36.4 Å². The van der Waals surface area contributed by atoms with Crippen LogP contribution in [-0.4, -0.2) is 128 Å². The zero-order valence-electron chi connectivity index (χ0n) is 40.9. The van der Waals surface area contributed by atoms with Crippen molar-refractivity contribution < 1.29 is 40.2 Å². The second-order valence-electron chi connectivity index (χ2n) is 17.2. The number of hydrogen-bond donors (Lipinski definition) is 10. The first-order valence-corrected chi connectivity index (χ1v) is 22.6. The Bertz CT molecular complexity index is 2440. The van der Waals surface area contributed by atoms with Gasteiger partial charge >= 0.3 is 11.9 Å². The van der Waals surface area contributed by atoms with Crippen LogP contribution in [0.2, 0.25) is 0 Å². The number of carbonyl (C=O) groups is 2. The lowest BCUT2D eigenvalue weighted by Crippen LogP contribution is -2.39. The molecule has 0 amide bonds. The molecule has 0 fully saturated rings. The zero-order valence-corrected chi connectivity index (χ0v) is 40.9. The minimum atomic E-state index is -2.27. The Morgan fingerprint density at radius 1 is 0.574 bits per heavy atom. The van der Waals surface area contributed by atoms with E-state index in [-0.39, 0.29) is 24.2 Å². The number of imidazole rings is 2. The molecule has 6 aromatic heterocycles. The Morgan fingerprint density at radius 3 is 1.21 bits per heavy atom. The molecule has 370 valence electrons. The second-order valence-corrected chi connectivity index (χ2v) is 17.2. The van der Waals surface area contributed by atoms with Gasteiger partial charge in [-0.2, -0.15) is 19.9 Å². The molecule has 0 aliphatic rings. The van der Waals surface area contributed by atoms with Gasteiger partial charge in [-0.05, 0) is 116 Å². The largest absolute Gasteiger partial charge is 0.479 e. The minimum absolute atomic E-state index is 0.126. The van der Waals surface area contributed by atoms with Crippen molar-refractivity contribution in [3.8, 4) is 0 Å². The van der Waals surface area contributed by atoms with Crippen LogP contribution in [0.1, 0.15) is 114 Å². The first-order chi connectivity index (χ1) is 32.1. The lowest BCUT2D eigenvalue weighted by molar-refractivity contribution is -0.165. The van der Waals surface area contributed by atoms with Gasteiger partial charge in [-0.1, -0.05) is 13.8 Å². The van der Waals surface area contributed by atoms with Gasteiger partial charge in [0.25, 0.3) is 0 Å². The number of anilines is 4. The molecule has 0 aromatic carbocycles. The molecule has 0 saturated carbocycles. The van der Waals surface area contributed by atoms with E-state index in [9.17, 15) is 19.8 Å². The standard InChI is InChI=1S/2C21H31N7O.C4H6O6/c2*1-7-17(15(6)29)25-21-26-19(18-20(27-21)28(11-24-18)12(2)3)23-10-16-9-22-14(5)8-13(16)4;5-1(3(7)8)2(6)4(9)10/h2*8-9,11-12,15,17,29H,7,10H2,1-6H3,(H2,23,25,26,27);1-2,5-6H,(H,7,8)(H,9,10)/t2*15-,17+;1-,2-/m111/s1. The predicted molar refractivity (Wildman–Crippen MR) is 260 cm³/mol. The summed E-state index contributed by atoms with van der Waals surface area (Å²) >= 11 is 0. The number of aliphatic hydroxyl groups is 4. The van der Waals surface area contributed by atoms with E-state index in [1.807, 2.05) is 49.2 Å². The maximum Gasteiger partial charge on any atom is 0.335 e. The number of fused-ring (bicyclic) bond motifs is 2. The Labute approximate surface area is 395 Å². The topological polar surface area (TPSA) is 317 Å². The number of aryl methyl sites for hydroxylation is 4. The highest BCUT2D eigenvalue weighted by Crippen LogP contribution is 2.27. The number of nitrogens with zero attached hydrogens (tertiary/aromatic N) is 10. The third-order valence-electron chi connectivity index (χ3n) is 11.0. The normalized spacial score (nSPS) is 14.0. The molecule has 0 aliphatic carbocycles. The summed E-state index contributed by atoms with van der Waals surface area (Å²) in [7, 11) is 0. The quantitative estimate of drug-likeness (QED) is 0.0506. The van der Waals surface area contributed by atoms with Crippen molar-refractivity contribution in [2.24, 2.45) is 0 Å². The van der Waals surface area contributed by atoms with Gasteiger partial charge in [0, 0.05) is 49.0 Å². The van der Waals surface area contributed by atoms with Gasteiger partial charge in [0.05, 0.1) is 36.9 Å². The maximum absolute atomic E-state index is 10.0. The van der Waals surface area contributed by atoms with E-state index >= 15 is 0 Å². The minimum Gasteiger partial charge on any atom is -0.479 e. The molecule has 0 aliphatic heterocycles. The van der Waals surface area contributed by atoms with E-state index in [2.05, 4.69) is 115 Å². The van der Waals surface area contributed by atoms with Crippen molar-refractivity contribution >= 4 is 57.8 Å². The third kappa shape index (κ3) is 14.2. The highest BCUT2D eigenvalue weighted by molar-refractivity contribution is 5.85. The van der Waals surface area contributed by atoms with Crippen LogP contribution < -0.4 is 21.3 Å². The van der Waals surface area contributed by atoms with Gasteiger partial charge in [-0.3, -0.25) is 9.97 Å². The Morgan fingerprint density at radius 2 is 0.926 bits per heavy atom.